The molecule has 3 rings (SSSR count). The maximum Gasteiger partial charge on any atom is 0.109 e. The van der Waals surface area contributed by atoms with Crippen LogP contribution in [0.15, 0.2) is 29.1 Å². The molecule has 0 saturated carbocycles. The zero-order chi connectivity index (χ0) is 13.1. The van der Waals surface area contributed by atoms with Gasteiger partial charge < -0.3 is 14.5 Å². The lowest BCUT2D eigenvalue weighted by Gasteiger charge is -2.22. The Balaban J connectivity index is 1.67. The highest BCUT2D eigenvalue weighted by molar-refractivity contribution is 5.43. The summed E-state index contributed by atoms with van der Waals surface area (Å²) in [4.78, 5) is 0. The van der Waals surface area contributed by atoms with Crippen LogP contribution >= 0.6 is 0 Å². The minimum absolute atomic E-state index is 0.336. The lowest BCUT2D eigenvalue weighted by molar-refractivity contribution is 0.183. The van der Waals surface area contributed by atoms with Crippen LogP contribution < -0.4 is 5.32 Å². The number of anilines is 1. The van der Waals surface area contributed by atoms with Crippen LogP contribution in [0.25, 0.3) is 0 Å². The molecule has 0 fully saturated rings. The average molecular weight is 261 g/mol. The number of nitrogens with one attached hydrogen (secondary N) is 1. The molecule has 19 heavy (non-hydrogen) atoms. The summed E-state index contributed by atoms with van der Waals surface area (Å²) in [5.41, 5.74) is 2.34. The standard InChI is InChI=1S/C14H19N3O2/c1-18-8-6-17-10-11(9-15-17)16-13-3-2-4-14-12(13)5-7-19-14/h5,7,9-10,13,16H,2-4,6,8H2,1H3. The molecule has 0 saturated heterocycles. The summed E-state index contributed by atoms with van der Waals surface area (Å²) in [7, 11) is 1.70. The summed E-state index contributed by atoms with van der Waals surface area (Å²) >= 11 is 0. The van der Waals surface area contributed by atoms with Gasteiger partial charge in [0.05, 0.1) is 37.3 Å². The molecule has 2 aromatic heterocycles. The van der Waals surface area contributed by atoms with E-state index < -0.39 is 0 Å². The third-order valence-electron chi connectivity index (χ3n) is 3.55. The quantitative estimate of drug-likeness (QED) is 0.899. The molecule has 0 bridgehead atoms. The van der Waals surface area contributed by atoms with Crippen molar-refractivity contribution < 1.29 is 9.15 Å². The minimum atomic E-state index is 0.336. The highest BCUT2D eigenvalue weighted by atomic mass is 16.5. The molecular weight excluding hydrogens is 242 g/mol. The van der Waals surface area contributed by atoms with Crippen molar-refractivity contribution in [3.8, 4) is 0 Å². The smallest absolute Gasteiger partial charge is 0.109 e. The second-order valence-corrected chi connectivity index (χ2v) is 4.87. The number of rotatable bonds is 5. The number of ether oxygens (including phenoxy) is 1. The molecule has 1 N–H and O–H groups in total. The molecule has 1 unspecified atom stereocenters. The number of aromatic nitrogens is 2. The molecule has 0 spiro atoms. The second-order valence-electron chi connectivity index (χ2n) is 4.87. The average Bonchev–Trinajstić information content (AvgIpc) is 3.05. The molecular formula is C14H19N3O2. The monoisotopic (exact) mass is 261 g/mol. The highest BCUT2D eigenvalue weighted by Gasteiger charge is 2.22. The van der Waals surface area contributed by atoms with E-state index in [0.717, 1.165) is 37.3 Å². The molecule has 0 radical (unpaired) electrons. The Morgan fingerprint density at radius 3 is 3.42 bits per heavy atom. The van der Waals surface area contributed by atoms with Crippen molar-refractivity contribution in [2.45, 2.75) is 31.8 Å². The fourth-order valence-electron chi connectivity index (χ4n) is 2.58. The summed E-state index contributed by atoms with van der Waals surface area (Å²) in [6.07, 6.45) is 9.02. The third-order valence-corrected chi connectivity index (χ3v) is 3.55. The lowest BCUT2D eigenvalue weighted by Crippen LogP contribution is -2.15. The summed E-state index contributed by atoms with van der Waals surface area (Å²) < 4.78 is 12.4. The first-order valence-corrected chi connectivity index (χ1v) is 6.71. The van der Waals surface area contributed by atoms with Gasteiger partial charge in [-0.15, -0.1) is 0 Å². The molecule has 2 aromatic rings. The first-order chi connectivity index (χ1) is 9.36. The minimum Gasteiger partial charge on any atom is -0.469 e. The number of furan rings is 1. The van der Waals surface area contributed by atoms with E-state index in [0.29, 0.717) is 12.6 Å². The van der Waals surface area contributed by atoms with E-state index in [1.54, 1.807) is 13.4 Å². The van der Waals surface area contributed by atoms with E-state index in [-0.39, 0.29) is 0 Å². The van der Waals surface area contributed by atoms with Gasteiger partial charge in [-0.2, -0.15) is 5.10 Å². The van der Waals surface area contributed by atoms with Gasteiger partial charge in [-0.25, -0.2) is 0 Å². The van der Waals surface area contributed by atoms with Crippen molar-refractivity contribution in [1.82, 2.24) is 9.78 Å². The van der Waals surface area contributed by atoms with Crippen molar-refractivity contribution in [3.05, 3.63) is 36.0 Å². The van der Waals surface area contributed by atoms with Crippen LogP contribution in [0.3, 0.4) is 0 Å². The Labute approximate surface area is 112 Å². The summed E-state index contributed by atoms with van der Waals surface area (Å²) in [5, 5.41) is 7.85. The van der Waals surface area contributed by atoms with Crippen molar-refractivity contribution in [2.24, 2.45) is 0 Å². The molecule has 1 atom stereocenters. The second kappa shape index (κ2) is 5.48. The largest absolute Gasteiger partial charge is 0.469 e. The maximum atomic E-state index is 5.50. The third kappa shape index (κ3) is 2.66. The molecule has 1 aliphatic carbocycles. The van der Waals surface area contributed by atoms with Crippen LogP contribution in [-0.4, -0.2) is 23.5 Å². The predicted octanol–water partition coefficient (Wildman–Crippen LogP) is 2.61. The van der Waals surface area contributed by atoms with Gasteiger partial charge in [-0.05, 0) is 18.9 Å². The first kappa shape index (κ1) is 12.3. The van der Waals surface area contributed by atoms with Crippen LogP contribution in [0, 0.1) is 0 Å². The van der Waals surface area contributed by atoms with Gasteiger partial charge in [0.15, 0.2) is 0 Å². The van der Waals surface area contributed by atoms with E-state index in [9.17, 15) is 0 Å². The van der Waals surface area contributed by atoms with E-state index in [1.807, 2.05) is 17.1 Å². The van der Waals surface area contributed by atoms with Crippen molar-refractivity contribution in [2.75, 3.05) is 19.0 Å². The fourth-order valence-corrected chi connectivity index (χ4v) is 2.58. The number of nitrogens with zero attached hydrogens (tertiary/aromatic N) is 2. The molecule has 2 heterocycles. The number of fused-ring (bicyclic) bond motifs is 1. The normalized spacial score (nSPS) is 18.3. The number of methoxy groups -OCH3 is 1. The summed E-state index contributed by atoms with van der Waals surface area (Å²) in [6.45, 7) is 1.45. The number of hydrogen-bond acceptors (Lipinski definition) is 4. The molecule has 5 nitrogen and oxygen atoms in total. The van der Waals surface area contributed by atoms with Gasteiger partial charge >= 0.3 is 0 Å². The van der Waals surface area contributed by atoms with Crippen LogP contribution in [0.1, 0.15) is 30.2 Å². The van der Waals surface area contributed by atoms with E-state index in [2.05, 4.69) is 16.5 Å². The Morgan fingerprint density at radius 2 is 2.53 bits per heavy atom. The number of hydrogen-bond donors (Lipinski definition) is 1. The Bertz CT molecular complexity index is 532. The van der Waals surface area contributed by atoms with Crippen molar-refractivity contribution in [1.29, 1.82) is 0 Å². The van der Waals surface area contributed by atoms with E-state index in [1.165, 1.54) is 5.56 Å². The Morgan fingerprint density at radius 1 is 1.58 bits per heavy atom. The molecule has 0 amide bonds. The van der Waals surface area contributed by atoms with Crippen LogP contribution in [0.2, 0.25) is 0 Å². The van der Waals surface area contributed by atoms with Crippen molar-refractivity contribution in [3.63, 3.8) is 0 Å². The van der Waals surface area contributed by atoms with Gasteiger partial charge in [0, 0.05) is 25.3 Å². The molecule has 102 valence electrons. The Hall–Kier alpha value is -1.75. The topological polar surface area (TPSA) is 52.2 Å². The maximum absolute atomic E-state index is 5.50. The van der Waals surface area contributed by atoms with Crippen LogP contribution in [0.4, 0.5) is 5.69 Å². The van der Waals surface area contributed by atoms with Crippen LogP contribution in [0.5, 0.6) is 0 Å². The summed E-state index contributed by atoms with van der Waals surface area (Å²) in [6, 6.07) is 2.41. The van der Waals surface area contributed by atoms with Gasteiger partial charge in [-0.1, -0.05) is 0 Å². The van der Waals surface area contributed by atoms with Gasteiger partial charge in [0.2, 0.25) is 0 Å². The van der Waals surface area contributed by atoms with E-state index in [4.69, 9.17) is 9.15 Å². The zero-order valence-corrected chi connectivity index (χ0v) is 11.1. The number of aryl methyl sites for hydroxylation is 1. The zero-order valence-electron chi connectivity index (χ0n) is 11.1. The van der Waals surface area contributed by atoms with Crippen molar-refractivity contribution >= 4 is 5.69 Å². The summed E-state index contributed by atoms with van der Waals surface area (Å²) in [5.74, 6) is 1.12. The SMILES string of the molecule is COCCn1cc(NC2CCCc3occc32)cn1. The molecule has 0 aliphatic heterocycles. The lowest BCUT2D eigenvalue weighted by atomic mass is 9.93. The molecule has 0 aromatic carbocycles. The van der Waals surface area contributed by atoms with Crippen LogP contribution in [-0.2, 0) is 17.7 Å². The predicted molar refractivity (Wildman–Crippen MR) is 72.1 cm³/mol. The van der Waals surface area contributed by atoms with Gasteiger partial charge in [0.1, 0.15) is 5.76 Å². The van der Waals surface area contributed by atoms with Gasteiger partial charge in [-0.3, -0.25) is 4.68 Å². The van der Waals surface area contributed by atoms with E-state index >= 15 is 0 Å². The molecule has 1 aliphatic rings. The molecule has 5 heteroatoms. The Kier molecular flexibility index (Phi) is 3.55. The van der Waals surface area contributed by atoms with Gasteiger partial charge in [0.25, 0.3) is 0 Å². The first-order valence-electron chi connectivity index (χ1n) is 6.71. The highest BCUT2D eigenvalue weighted by Crippen LogP contribution is 2.32. The fraction of sp³-hybridized carbons (Fsp3) is 0.500.